The van der Waals surface area contributed by atoms with Gasteiger partial charge in [0.2, 0.25) is 5.89 Å². The number of piperazine rings is 1. The van der Waals surface area contributed by atoms with Crippen LogP contribution in [0.4, 0.5) is 18.9 Å². The molecule has 2 aromatic heterocycles. The molecule has 0 atom stereocenters. The highest BCUT2D eigenvalue weighted by molar-refractivity contribution is 5.56. The lowest BCUT2D eigenvalue weighted by atomic mass is 10.2. The number of rotatable bonds is 6. The molecular weight excluding hydrogens is 459 g/mol. The second-order valence-corrected chi connectivity index (χ2v) is 8.32. The number of hydrogen-bond donors (Lipinski definition) is 0. The van der Waals surface area contributed by atoms with Gasteiger partial charge in [-0.3, -0.25) is 4.90 Å². The van der Waals surface area contributed by atoms with Gasteiger partial charge in [-0.1, -0.05) is 0 Å². The third kappa shape index (κ3) is 5.48. The number of hydrogen-bond acceptors (Lipinski definition) is 6. The SMILES string of the molecule is Cc1oc(-c2ccc(-n3cccn3)cc2)nc1CN1CCN(c2ccc(OC(F)(F)F)cc2)CC1. The molecule has 1 aliphatic rings. The van der Waals surface area contributed by atoms with Gasteiger partial charge in [-0.15, -0.1) is 13.2 Å². The quantitative estimate of drug-likeness (QED) is 0.382. The fourth-order valence-electron chi connectivity index (χ4n) is 4.11. The molecule has 10 heteroatoms. The van der Waals surface area contributed by atoms with Crippen LogP contribution in [-0.2, 0) is 6.54 Å². The van der Waals surface area contributed by atoms with Crippen LogP contribution in [0.3, 0.4) is 0 Å². The molecule has 0 unspecified atom stereocenters. The van der Waals surface area contributed by atoms with Crippen molar-refractivity contribution in [2.45, 2.75) is 19.8 Å². The minimum atomic E-state index is -4.68. The van der Waals surface area contributed by atoms with Crippen molar-refractivity contribution in [3.63, 3.8) is 0 Å². The Labute approximate surface area is 200 Å². The van der Waals surface area contributed by atoms with Gasteiger partial charge in [0.15, 0.2) is 0 Å². The highest BCUT2D eigenvalue weighted by Crippen LogP contribution is 2.27. The summed E-state index contributed by atoms with van der Waals surface area (Å²) in [4.78, 5) is 9.18. The molecule has 0 spiro atoms. The number of halogens is 3. The Hall–Kier alpha value is -3.79. The van der Waals surface area contributed by atoms with Crippen LogP contribution in [0.1, 0.15) is 11.5 Å². The van der Waals surface area contributed by atoms with E-state index in [0.29, 0.717) is 12.4 Å². The zero-order valence-electron chi connectivity index (χ0n) is 19.1. The Bertz CT molecular complexity index is 1240. The van der Waals surface area contributed by atoms with Gasteiger partial charge in [-0.25, -0.2) is 9.67 Å². The van der Waals surface area contributed by atoms with E-state index in [4.69, 9.17) is 9.40 Å². The zero-order chi connectivity index (χ0) is 24.4. The van der Waals surface area contributed by atoms with Crippen molar-refractivity contribution >= 4 is 5.69 Å². The summed E-state index contributed by atoms with van der Waals surface area (Å²) in [5.74, 6) is 1.16. The third-order valence-corrected chi connectivity index (χ3v) is 5.96. The largest absolute Gasteiger partial charge is 0.573 e. The molecule has 0 bridgehead atoms. The zero-order valence-corrected chi connectivity index (χ0v) is 19.1. The first-order valence-corrected chi connectivity index (χ1v) is 11.2. The summed E-state index contributed by atoms with van der Waals surface area (Å²) in [6.07, 6.45) is -1.06. The van der Waals surface area contributed by atoms with Crippen molar-refractivity contribution in [2.75, 3.05) is 31.1 Å². The van der Waals surface area contributed by atoms with E-state index in [-0.39, 0.29) is 5.75 Å². The molecule has 0 amide bonds. The van der Waals surface area contributed by atoms with E-state index in [2.05, 4.69) is 19.6 Å². The normalized spacial score (nSPS) is 14.9. The molecule has 2 aromatic carbocycles. The van der Waals surface area contributed by atoms with Crippen molar-refractivity contribution in [3.8, 4) is 22.9 Å². The average Bonchev–Trinajstić information content (AvgIpc) is 3.50. The molecule has 7 nitrogen and oxygen atoms in total. The first-order valence-electron chi connectivity index (χ1n) is 11.2. The van der Waals surface area contributed by atoms with Crippen LogP contribution in [0.2, 0.25) is 0 Å². The standard InChI is InChI=1S/C25H24F3N5O2/c1-18-23(30-24(34-18)19-3-5-21(6-4-19)33-12-2-11-29-33)17-31-13-15-32(16-14-31)20-7-9-22(10-8-20)35-25(26,27)28/h2-12H,13-17H2,1H3. The lowest BCUT2D eigenvalue weighted by molar-refractivity contribution is -0.274. The maximum atomic E-state index is 12.4. The third-order valence-electron chi connectivity index (χ3n) is 5.96. The molecule has 0 radical (unpaired) electrons. The van der Waals surface area contributed by atoms with Gasteiger partial charge >= 0.3 is 6.36 Å². The minimum absolute atomic E-state index is 0.215. The number of nitrogens with zero attached hydrogens (tertiary/aromatic N) is 5. The molecule has 35 heavy (non-hydrogen) atoms. The summed E-state index contributed by atoms with van der Waals surface area (Å²) in [6, 6.07) is 15.8. The van der Waals surface area contributed by atoms with Crippen LogP contribution < -0.4 is 9.64 Å². The molecule has 3 heterocycles. The molecular formula is C25H24F3N5O2. The lowest BCUT2D eigenvalue weighted by Crippen LogP contribution is -2.46. The van der Waals surface area contributed by atoms with Gasteiger partial charge in [-0.05, 0) is 61.5 Å². The summed E-state index contributed by atoms with van der Waals surface area (Å²) >= 11 is 0. The first-order chi connectivity index (χ1) is 16.8. The number of alkyl halides is 3. The number of oxazole rings is 1. The Morgan fingerprint density at radius 1 is 0.943 bits per heavy atom. The van der Waals surface area contributed by atoms with E-state index in [0.717, 1.165) is 54.6 Å². The predicted octanol–water partition coefficient (Wildman–Crippen LogP) is 5.06. The van der Waals surface area contributed by atoms with E-state index < -0.39 is 6.36 Å². The summed E-state index contributed by atoms with van der Waals surface area (Å²) in [5.41, 5.74) is 3.64. The van der Waals surface area contributed by atoms with Crippen LogP contribution >= 0.6 is 0 Å². The van der Waals surface area contributed by atoms with Gasteiger partial charge in [0.1, 0.15) is 11.5 Å². The van der Waals surface area contributed by atoms with Crippen molar-refractivity contribution in [3.05, 3.63) is 78.4 Å². The van der Waals surface area contributed by atoms with Crippen LogP contribution in [0, 0.1) is 6.92 Å². The fourth-order valence-corrected chi connectivity index (χ4v) is 4.11. The van der Waals surface area contributed by atoms with Crippen LogP contribution in [-0.4, -0.2) is 52.2 Å². The maximum absolute atomic E-state index is 12.4. The van der Waals surface area contributed by atoms with E-state index in [9.17, 15) is 13.2 Å². The van der Waals surface area contributed by atoms with Crippen molar-refractivity contribution < 1.29 is 22.3 Å². The van der Waals surface area contributed by atoms with Gasteiger partial charge in [0.25, 0.3) is 0 Å². The average molecular weight is 483 g/mol. The highest BCUT2D eigenvalue weighted by Gasteiger charge is 2.31. The monoisotopic (exact) mass is 483 g/mol. The van der Waals surface area contributed by atoms with Crippen LogP contribution in [0.25, 0.3) is 17.1 Å². The number of aromatic nitrogens is 3. The molecule has 0 aliphatic carbocycles. The smallest absolute Gasteiger partial charge is 0.441 e. The van der Waals surface area contributed by atoms with E-state index in [1.165, 1.54) is 12.1 Å². The summed E-state index contributed by atoms with van der Waals surface area (Å²) in [5, 5.41) is 4.24. The molecule has 4 aromatic rings. The van der Waals surface area contributed by atoms with Gasteiger partial charge < -0.3 is 14.1 Å². The molecule has 182 valence electrons. The lowest BCUT2D eigenvalue weighted by Gasteiger charge is -2.35. The van der Waals surface area contributed by atoms with E-state index >= 15 is 0 Å². The van der Waals surface area contributed by atoms with Gasteiger partial charge in [0.05, 0.1) is 11.4 Å². The summed E-state index contributed by atoms with van der Waals surface area (Å²) < 4.78 is 48.8. The van der Waals surface area contributed by atoms with Gasteiger partial charge in [-0.2, -0.15) is 5.10 Å². The minimum Gasteiger partial charge on any atom is -0.441 e. The Morgan fingerprint density at radius 3 is 2.26 bits per heavy atom. The maximum Gasteiger partial charge on any atom is 0.573 e. The Kier molecular flexibility index (Phi) is 6.21. The second kappa shape index (κ2) is 9.46. The number of ether oxygens (including phenoxy) is 1. The predicted molar refractivity (Wildman–Crippen MR) is 124 cm³/mol. The second-order valence-electron chi connectivity index (χ2n) is 8.32. The number of benzene rings is 2. The molecule has 1 saturated heterocycles. The van der Waals surface area contributed by atoms with Crippen LogP contribution in [0.15, 0.2) is 71.4 Å². The highest BCUT2D eigenvalue weighted by atomic mass is 19.4. The Morgan fingerprint density at radius 2 is 1.63 bits per heavy atom. The topological polar surface area (TPSA) is 59.6 Å². The van der Waals surface area contributed by atoms with E-state index in [1.807, 2.05) is 43.5 Å². The molecule has 1 aliphatic heterocycles. The van der Waals surface area contributed by atoms with E-state index in [1.54, 1.807) is 23.0 Å². The number of aryl methyl sites for hydroxylation is 1. The molecule has 0 N–H and O–H groups in total. The molecule has 1 fully saturated rings. The van der Waals surface area contributed by atoms with Crippen molar-refractivity contribution in [1.29, 1.82) is 0 Å². The van der Waals surface area contributed by atoms with Gasteiger partial charge in [0, 0.05) is 56.4 Å². The molecule has 5 rings (SSSR count). The Balaban J connectivity index is 1.18. The van der Waals surface area contributed by atoms with Crippen LogP contribution in [0.5, 0.6) is 5.75 Å². The van der Waals surface area contributed by atoms with Crippen molar-refractivity contribution in [2.24, 2.45) is 0 Å². The van der Waals surface area contributed by atoms with Crippen molar-refractivity contribution in [1.82, 2.24) is 19.7 Å². The summed E-state index contributed by atoms with van der Waals surface area (Å²) in [6.45, 7) is 5.73. The first kappa shape index (κ1) is 23.0. The number of anilines is 1. The fraction of sp³-hybridized carbons (Fsp3) is 0.280. The summed E-state index contributed by atoms with van der Waals surface area (Å²) in [7, 11) is 0. The molecule has 0 saturated carbocycles.